The van der Waals surface area contributed by atoms with Gasteiger partial charge in [-0.15, -0.1) is 0 Å². The van der Waals surface area contributed by atoms with Crippen LogP contribution in [0.1, 0.15) is 24.8 Å². The Bertz CT molecular complexity index is 299. The highest BCUT2D eigenvalue weighted by Crippen LogP contribution is 2.31. The van der Waals surface area contributed by atoms with E-state index in [-0.39, 0.29) is 0 Å². The fourth-order valence-electron chi connectivity index (χ4n) is 2.55. The van der Waals surface area contributed by atoms with Crippen LogP contribution < -0.4 is 5.73 Å². The predicted octanol–water partition coefficient (Wildman–Crippen LogP) is 2.58. The third kappa shape index (κ3) is 3.06. The van der Waals surface area contributed by atoms with Gasteiger partial charge in [-0.1, -0.05) is 36.8 Å². The molecule has 16 heavy (non-hydrogen) atoms. The second kappa shape index (κ2) is 6.02. The highest BCUT2D eigenvalue weighted by atomic mass is 16.5. The maximum Gasteiger partial charge on any atom is 0.0717 e. The molecule has 0 aliphatic heterocycles. The van der Waals surface area contributed by atoms with Crippen LogP contribution in [0.3, 0.4) is 0 Å². The molecule has 1 fully saturated rings. The third-order valence-electron chi connectivity index (χ3n) is 3.56. The number of ether oxygens (including phenoxy) is 1. The van der Waals surface area contributed by atoms with Crippen molar-refractivity contribution in [2.75, 3.05) is 13.2 Å². The fourth-order valence-corrected chi connectivity index (χ4v) is 2.55. The van der Waals surface area contributed by atoms with Gasteiger partial charge in [0.15, 0.2) is 0 Å². The van der Waals surface area contributed by atoms with Crippen LogP contribution in [0, 0.1) is 11.8 Å². The molecule has 0 heterocycles. The first kappa shape index (κ1) is 11.6. The largest absolute Gasteiger partial charge is 0.376 e. The first-order valence-corrected chi connectivity index (χ1v) is 6.22. The topological polar surface area (TPSA) is 35.2 Å². The molecule has 2 N–H and O–H groups in total. The summed E-state index contributed by atoms with van der Waals surface area (Å²) < 4.78 is 5.78. The Labute approximate surface area is 97.8 Å². The van der Waals surface area contributed by atoms with Gasteiger partial charge in [0, 0.05) is 0 Å². The molecule has 1 aliphatic rings. The fraction of sp³-hybridized carbons (Fsp3) is 0.571. The summed E-state index contributed by atoms with van der Waals surface area (Å²) in [7, 11) is 0. The Morgan fingerprint density at radius 2 is 1.88 bits per heavy atom. The van der Waals surface area contributed by atoms with Crippen LogP contribution >= 0.6 is 0 Å². The van der Waals surface area contributed by atoms with Gasteiger partial charge in [0.1, 0.15) is 0 Å². The lowest BCUT2D eigenvalue weighted by Gasteiger charge is -2.17. The van der Waals surface area contributed by atoms with Crippen molar-refractivity contribution < 1.29 is 4.74 Å². The zero-order chi connectivity index (χ0) is 11.2. The van der Waals surface area contributed by atoms with Gasteiger partial charge in [-0.05, 0) is 36.8 Å². The molecule has 1 aromatic carbocycles. The number of hydrogen-bond acceptors (Lipinski definition) is 2. The van der Waals surface area contributed by atoms with Crippen LogP contribution in [0.4, 0.5) is 0 Å². The van der Waals surface area contributed by atoms with E-state index in [1.54, 1.807) is 0 Å². The molecule has 0 amide bonds. The molecule has 0 bridgehead atoms. The summed E-state index contributed by atoms with van der Waals surface area (Å²) in [4.78, 5) is 0. The Kier molecular flexibility index (Phi) is 4.37. The normalized spacial score (nSPS) is 24.8. The summed E-state index contributed by atoms with van der Waals surface area (Å²) in [6.07, 6.45) is 3.90. The van der Waals surface area contributed by atoms with Gasteiger partial charge in [0.25, 0.3) is 0 Å². The minimum absolute atomic E-state index is 0.689. The molecule has 0 saturated heterocycles. The van der Waals surface area contributed by atoms with Gasteiger partial charge in [0.2, 0.25) is 0 Å². The van der Waals surface area contributed by atoms with E-state index >= 15 is 0 Å². The molecule has 2 atom stereocenters. The molecule has 0 radical (unpaired) electrons. The maximum atomic E-state index is 5.78. The van der Waals surface area contributed by atoms with Gasteiger partial charge >= 0.3 is 0 Å². The van der Waals surface area contributed by atoms with Crippen LogP contribution in [0.2, 0.25) is 0 Å². The van der Waals surface area contributed by atoms with Crippen molar-refractivity contribution in [3.63, 3.8) is 0 Å². The number of rotatable bonds is 5. The SMILES string of the molecule is NCC1CCCC1COCc1ccccc1. The summed E-state index contributed by atoms with van der Waals surface area (Å²) in [5.74, 6) is 1.38. The van der Waals surface area contributed by atoms with Crippen molar-refractivity contribution in [1.82, 2.24) is 0 Å². The van der Waals surface area contributed by atoms with Crippen molar-refractivity contribution in [3.05, 3.63) is 35.9 Å². The molecular weight excluding hydrogens is 198 g/mol. The molecule has 1 aromatic rings. The van der Waals surface area contributed by atoms with Crippen LogP contribution in [0.5, 0.6) is 0 Å². The van der Waals surface area contributed by atoms with Gasteiger partial charge in [-0.3, -0.25) is 0 Å². The summed E-state index contributed by atoms with van der Waals surface area (Å²) in [6, 6.07) is 10.4. The number of benzene rings is 1. The minimum Gasteiger partial charge on any atom is -0.376 e. The van der Waals surface area contributed by atoms with E-state index in [0.29, 0.717) is 11.8 Å². The van der Waals surface area contributed by atoms with Crippen molar-refractivity contribution in [1.29, 1.82) is 0 Å². The zero-order valence-electron chi connectivity index (χ0n) is 9.77. The van der Waals surface area contributed by atoms with Crippen LogP contribution in [0.15, 0.2) is 30.3 Å². The lowest BCUT2D eigenvalue weighted by Crippen LogP contribution is -2.22. The molecule has 2 heteroatoms. The van der Waals surface area contributed by atoms with Crippen molar-refractivity contribution in [3.8, 4) is 0 Å². The molecule has 2 rings (SSSR count). The van der Waals surface area contributed by atoms with E-state index in [2.05, 4.69) is 24.3 Å². The molecule has 0 aromatic heterocycles. The van der Waals surface area contributed by atoms with E-state index in [1.807, 2.05) is 6.07 Å². The Balaban J connectivity index is 1.72. The smallest absolute Gasteiger partial charge is 0.0717 e. The molecule has 2 nitrogen and oxygen atoms in total. The maximum absolute atomic E-state index is 5.78. The van der Waals surface area contributed by atoms with E-state index in [0.717, 1.165) is 19.8 Å². The second-order valence-electron chi connectivity index (χ2n) is 4.69. The summed E-state index contributed by atoms with van der Waals surface area (Å²) in [5, 5.41) is 0. The Morgan fingerprint density at radius 3 is 2.62 bits per heavy atom. The summed E-state index contributed by atoms with van der Waals surface area (Å²) in [6.45, 7) is 2.42. The standard InChI is InChI=1S/C14H21NO/c15-9-13-7-4-8-14(13)11-16-10-12-5-2-1-3-6-12/h1-3,5-6,13-14H,4,7-11,15H2. The van der Waals surface area contributed by atoms with Gasteiger partial charge in [0.05, 0.1) is 13.2 Å². The first-order chi connectivity index (χ1) is 7.90. The molecule has 88 valence electrons. The highest BCUT2D eigenvalue weighted by Gasteiger charge is 2.25. The zero-order valence-corrected chi connectivity index (χ0v) is 9.77. The van der Waals surface area contributed by atoms with Gasteiger partial charge in [-0.2, -0.15) is 0 Å². The molecular formula is C14H21NO. The van der Waals surface area contributed by atoms with Crippen LogP contribution in [0.25, 0.3) is 0 Å². The molecule has 2 unspecified atom stereocenters. The molecule has 1 saturated carbocycles. The van der Waals surface area contributed by atoms with Crippen molar-refractivity contribution in [2.45, 2.75) is 25.9 Å². The van der Waals surface area contributed by atoms with E-state index in [4.69, 9.17) is 10.5 Å². The Morgan fingerprint density at radius 1 is 1.12 bits per heavy atom. The molecule has 0 spiro atoms. The van der Waals surface area contributed by atoms with E-state index in [9.17, 15) is 0 Å². The van der Waals surface area contributed by atoms with Gasteiger partial charge in [-0.25, -0.2) is 0 Å². The third-order valence-corrected chi connectivity index (χ3v) is 3.56. The number of hydrogen-bond donors (Lipinski definition) is 1. The summed E-state index contributed by atoms with van der Waals surface area (Å²) >= 11 is 0. The number of nitrogens with two attached hydrogens (primary N) is 1. The lowest BCUT2D eigenvalue weighted by atomic mass is 9.97. The van der Waals surface area contributed by atoms with Gasteiger partial charge < -0.3 is 10.5 Å². The average Bonchev–Trinajstić information content (AvgIpc) is 2.78. The molecule has 1 aliphatic carbocycles. The highest BCUT2D eigenvalue weighted by molar-refractivity contribution is 5.13. The monoisotopic (exact) mass is 219 g/mol. The second-order valence-corrected chi connectivity index (χ2v) is 4.69. The first-order valence-electron chi connectivity index (χ1n) is 6.22. The van der Waals surface area contributed by atoms with Crippen LogP contribution in [-0.2, 0) is 11.3 Å². The lowest BCUT2D eigenvalue weighted by molar-refractivity contribution is 0.0753. The van der Waals surface area contributed by atoms with Crippen molar-refractivity contribution in [2.24, 2.45) is 17.6 Å². The van der Waals surface area contributed by atoms with Crippen LogP contribution in [-0.4, -0.2) is 13.2 Å². The minimum atomic E-state index is 0.689. The quantitative estimate of drug-likeness (QED) is 0.826. The van der Waals surface area contributed by atoms with E-state index in [1.165, 1.54) is 24.8 Å². The predicted molar refractivity (Wildman–Crippen MR) is 66.0 cm³/mol. The van der Waals surface area contributed by atoms with E-state index < -0.39 is 0 Å². The van der Waals surface area contributed by atoms with Crippen molar-refractivity contribution >= 4 is 0 Å². The Hall–Kier alpha value is -0.860. The average molecular weight is 219 g/mol. The summed E-state index contributed by atoms with van der Waals surface area (Å²) in [5.41, 5.74) is 7.01.